The average molecular weight is 510 g/mol. The smallest absolute Gasteiger partial charge is 0.193 e. The lowest BCUT2D eigenvalue weighted by atomic mass is 10.0. The summed E-state index contributed by atoms with van der Waals surface area (Å²) in [6.45, 7) is 0.512. The van der Waals surface area contributed by atoms with Gasteiger partial charge in [-0.15, -0.1) is 0 Å². The highest BCUT2D eigenvalue weighted by atomic mass is 32.2. The van der Waals surface area contributed by atoms with E-state index in [1.807, 2.05) is 24.3 Å². The molecule has 10 heteroatoms. The van der Waals surface area contributed by atoms with Crippen LogP contribution < -0.4 is 4.74 Å². The van der Waals surface area contributed by atoms with Crippen molar-refractivity contribution in [3.63, 3.8) is 0 Å². The quantitative estimate of drug-likeness (QED) is 0.375. The molecule has 2 unspecified atom stereocenters. The number of H-pyrrole nitrogens is 1. The Morgan fingerprint density at radius 3 is 2.36 bits per heavy atom. The number of aromatic amines is 1. The Kier molecular flexibility index (Phi) is 5.56. The predicted octanol–water partition coefficient (Wildman–Crippen LogP) is 3.98. The lowest BCUT2D eigenvalue weighted by Crippen LogP contribution is -2.34. The number of aromatic nitrogens is 2. The van der Waals surface area contributed by atoms with Gasteiger partial charge < -0.3 is 24.3 Å². The SMILES string of the molecule is CS(=N)(=O)c1ccc(-c2ccc(-c3nc4cc(O[C@@H]5COC6[C@H](O)CO[C@@H]65)[nH]c4cc3F)cc2)cc1. The van der Waals surface area contributed by atoms with Crippen molar-refractivity contribution in [2.24, 2.45) is 0 Å². The van der Waals surface area contributed by atoms with Gasteiger partial charge in [0.25, 0.3) is 0 Å². The minimum atomic E-state index is -2.76. The van der Waals surface area contributed by atoms with Crippen molar-refractivity contribution < 1.29 is 27.9 Å². The van der Waals surface area contributed by atoms with Crippen LogP contribution in [0, 0.1) is 10.6 Å². The summed E-state index contributed by atoms with van der Waals surface area (Å²) in [5.41, 5.74) is 3.73. The van der Waals surface area contributed by atoms with Crippen molar-refractivity contribution in [1.82, 2.24) is 9.97 Å². The average Bonchev–Trinajstić information content (AvgIpc) is 3.55. The van der Waals surface area contributed by atoms with Gasteiger partial charge in [-0.3, -0.25) is 0 Å². The van der Waals surface area contributed by atoms with E-state index in [1.165, 1.54) is 12.3 Å². The molecule has 0 bridgehead atoms. The maximum atomic E-state index is 15.0. The molecule has 0 spiro atoms. The molecule has 186 valence electrons. The molecule has 2 aliphatic rings. The van der Waals surface area contributed by atoms with E-state index < -0.39 is 27.8 Å². The first-order valence-electron chi connectivity index (χ1n) is 11.5. The van der Waals surface area contributed by atoms with Crippen LogP contribution in [0.3, 0.4) is 0 Å². The van der Waals surface area contributed by atoms with Crippen LogP contribution in [0.15, 0.2) is 65.6 Å². The maximum Gasteiger partial charge on any atom is 0.193 e. The standard InChI is InChI=1S/C26H24FN3O5S/c1-36(28,32)17-8-6-15(7-9-17)14-2-4-16(5-3-14)24-18(27)10-19-20(30-24)11-23(29-19)35-22-13-34-25-21(31)12-33-26(22)25/h2-11,21-22,25-26,28-29,31H,12-13H2,1H3/t21-,22-,25?,26-,36?/m1/s1. The number of aliphatic hydroxyl groups is 1. The van der Waals surface area contributed by atoms with Crippen molar-refractivity contribution in [3.8, 4) is 28.3 Å². The Morgan fingerprint density at radius 1 is 1.03 bits per heavy atom. The minimum absolute atomic E-state index is 0.216. The Labute approximate surface area is 207 Å². The Morgan fingerprint density at radius 2 is 1.67 bits per heavy atom. The molecule has 0 radical (unpaired) electrons. The number of benzene rings is 2. The zero-order valence-corrected chi connectivity index (χ0v) is 20.1. The van der Waals surface area contributed by atoms with Gasteiger partial charge in [0.15, 0.2) is 17.8 Å². The minimum Gasteiger partial charge on any atom is -0.470 e. The van der Waals surface area contributed by atoms with E-state index in [4.69, 9.17) is 19.0 Å². The van der Waals surface area contributed by atoms with Crippen LogP contribution in [0.4, 0.5) is 4.39 Å². The van der Waals surface area contributed by atoms with Gasteiger partial charge >= 0.3 is 0 Å². The first-order valence-corrected chi connectivity index (χ1v) is 13.4. The summed E-state index contributed by atoms with van der Waals surface area (Å²) in [4.78, 5) is 8.04. The third kappa shape index (κ3) is 4.16. The monoisotopic (exact) mass is 509 g/mol. The number of halogens is 1. The van der Waals surface area contributed by atoms with E-state index in [0.29, 0.717) is 34.0 Å². The molecule has 2 aromatic heterocycles. The third-order valence-corrected chi connectivity index (χ3v) is 7.76. The molecule has 0 saturated carbocycles. The number of nitrogens with zero attached hydrogens (tertiary/aromatic N) is 1. The number of pyridine rings is 1. The van der Waals surface area contributed by atoms with Gasteiger partial charge in [-0.2, -0.15) is 0 Å². The zero-order valence-electron chi connectivity index (χ0n) is 19.3. The molecular weight excluding hydrogens is 485 g/mol. The number of ether oxygens (including phenoxy) is 3. The van der Waals surface area contributed by atoms with E-state index in [9.17, 15) is 13.7 Å². The molecule has 2 saturated heterocycles. The molecule has 0 amide bonds. The normalized spacial score (nSPS) is 25.1. The van der Waals surface area contributed by atoms with E-state index >= 15 is 0 Å². The van der Waals surface area contributed by atoms with Crippen molar-refractivity contribution in [2.45, 2.75) is 29.3 Å². The maximum absolute atomic E-state index is 15.0. The van der Waals surface area contributed by atoms with Gasteiger partial charge in [-0.1, -0.05) is 36.4 Å². The number of hydrogen-bond acceptors (Lipinski definition) is 7. The van der Waals surface area contributed by atoms with Gasteiger partial charge in [-0.25, -0.2) is 18.4 Å². The second-order valence-corrected chi connectivity index (χ2v) is 11.3. The zero-order chi connectivity index (χ0) is 25.0. The topological polar surface area (TPSA) is 118 Å². The van der Waals surface area contributed by atoms with Crippen molar-refractivity contribution in [3.05, 3.63) is 66.5 Å². The van der Waals surface area contributed by atoms with Gasteiger partial charge in [0.05, 0.1) is 34.0 Å². The lowest BCUT2D eigenvalue weighted by molar-refractivity contribution is 0.00794. The van der Waals surface area contributed by atoms with Crippen LogP contribution in [0.2, 0.25) is 0 Å². The highest BCUT2D eigenvalue weighted by Crippen LogP contribution is 2.32. The molecule has 5 atom stereocenters. The molecule has 6 rings (SSSR count). The van der Waals surface area contributed by atoms with E-state index in [0.717, 1.165) is 11.1 Å². The summed E-state index contributed by atoms with van der Waals surface area (Å²) in [7, 11) is -2.76. The second kappa shape index (κ2) is 8.67. The second-order valence-electron chi connectivity index (χ2n) is 9.15. The van der Waals surface area contributed by atoms with Gasteiger partial charge in [0.1, 0.15) is 24.0 Å². The fraction of sp³-hybridized carbons (Fsp3) is 0.269. The first kappa shape index (κ1) is 23.1. The van der Waals surface area contributed by atoms with Gasteiger partial charge in [-0.05, 0) is 23.3 Å². The van der Waals surface area contributed by atoms with Crippen LogP contribution in [0.1, 0.15) is 0 Å². The predicted molar refractivity (Wildman–Crippen MR) is 132 cm³/mol. The molecule has 2 aliphatic heterocycles. The Balaban J connectivity index is 1.23. The summed E-state index contributed by atoms with van der Waals surface area (Å²) >= 11 is 0. The van der Waals surface area contributed by atoms with Crippen LogP contribution in [0.25, 0.3) is 33.4 Å². The molecule has 4 aromatic rings. The van der Waals surface area contributed by atoms with Gasteiger partial charge in [0, 0.05) is 28.8 Å². The molecule has 4 heterocycles. The van der Waals surface area contributed by atoms with Gasteiger partial charge in [0.2, 0.25) is 0 Å². The summed E-state index contributed by atoms with van der Waals surface area (Å²) in [5.74, 6) is -0.0385. The van der Waals surface area contributed by atoms with Crippen molar-refractivity contribution >= 4 is 20.8 Å². The largest absolute Gasteiger partial charge is 0.470 e. The highest BCUT2D eigenvalue weighted by Gasteiger charge is 2.48. The number of rotatable bonds is 5. The van der Waals surface area contributed by atoms with Crippen molar-refractivity contribution in [2.75, 3.05) is 19.5 Å². The van der Waals surface area contributed by atoms with Crippen LogP contribution in [0.5, 0.6) is 5.88 Å². The number of hydrogen-bond donors (Lipinski definition) is 3. The number of nitrogens with one attached hydrogen (secondary N) is 2. The van der Waals surface area contributed by atoms with Crippen LogP contribution in [-0.2, 0) is 19.2 Å². The summed E-state index contributed by atoms with van der Waals surface area (Å²) in [6.07, 6.45) is -0.389. The molecule has 0 aliphatic carbocycles. The highest BCUT2D eigenvalue weighted by molar-refractivity contribution is 7.91. The number of fused-ring (bicyclic) bond motifs is 2. The molecule has 8 nitrogen and oxygen atoms in total. The van der Waals surface area contributed by atoms with Crippen LogP contribution >= 0.6 is 0 Å². The lowest BCUT2D eigenvalue weighted by Gasteiger charge is -2.16. The molecule has 3 N–H and O–H groups in total. The number of aliphatic hydroxyl groups excluding tert-OH is 1. The third-order valence-electron chi connectivity index (χ3n) is 6.59. The Bertz CT molecular complexity index is 1540. The molecule has 36 heavy (non-hydrogen) atoms. The fourth-order valence-electron chi connectivity index (χ4n) is 4.71. The Hall–Kier alpha value is -3.31. The van der Waals surface area contributed by atoms with E-state index in [-0.39, 0.29) is 24.5 Å². The summed E-state index contributed by atoms with van der Waals surface area (Å²) in [6, 6.07) is 17.5. The van der Waals surface area contributed by atoms with E-state index in [1.54, 1.807) is 30.3 Å². The van der Waals surface area contributed by atoms with Crippen LogP contribution in [-0.4, -0.2) is 63.2 Å². The molecule has 2 aromatic carbocycles. The fourth-order valence-corrected chi connectivity index (χ4v) is 5.36. The molecule has 2 fully saturated rings. The summed E-state index contributed by atoms with van der Waals surface area (Å²) in [5, 5.41) is 9.91. The summed E-state index contributed by atoms with van der Waals surface area (Å²) < 4.78 is 51.8. The van der Waals surface area contributed by atoms with Crippen molar-refractivity contribution in [1.29, 1.82) is 4.78 Å². The van der Waals surface area contributed by atoms with E-state index in [2.05, 4.69) is 9.97 Å². The first-order chi connectivity index (χ1) is 17.3. The molecular formula is C26H24FN3O5S.